The zero-order valence-electron chi connectivity index (χ0n) is 22.9. The molecule has 1 aliphatic carbocycles. The molecule has 2 aromatic carbocycles. The van der Waals surface area contributed by atoms with Gasteiger partial charge in [-0.15, -0.1) is 11.8 Å². The summed E-state index contributed by atoms with van der Waals surface area (Å²) in [6.07, 6.45) is 5.32. The number of nitrogens with zero attached hydrogens (tertiary/aromatic N) is 1. The van der Waals surface area contributed by atoms with Crippen LogP contribution in [-0.4, -0.2) is 56.6 Å². The van der Waals surface area contributed by atoms with Gasteiger partial charge in [0.25, 0.3) is 0 Å². The van der Waals surface area contributed by atoms with Crippen LogP contribution in [0.2, 0.25) is 0 Å². The van der Waals surface area contributed by atoms with Crippen molar-refractivity contribution in [2.45, 2.75) is 86.9 Å². The van der Waals surface area contributed by atoms with Crippen LogP contribution in [0.15, 0.2) is 54.6 Å². The van der Waals surface area contributed by atoms with E-state index in [2.05, 4.69) is 24.4 Å². The van der Waals surface area contributed by atoms with Crippen molar-refractivity contribution in [1.29, 1.82) is 0 Å². The third-order valence-corrected chi connectivity index (χ3v) is 10.2. The van der Waals surface area contributed by atoms with Gasteiger partial charge >= 0.3 is 5.97 Å². The maximum Gasteiger partial charge on any atom is 0.327 e. The third-order valence-electron chi connectivity index (χ3n) is 8.65. The number of carbonyl (C=O) groups is 3. The highest BCUT2D eigenvalue weighted by Gasteiger charge is 2.65. The summed E-state index contributed by atoms with van der Waals surface area (Å²) in [6, 6.07) is 16.5. The van der Waals surface area contributed by atoms with Crippen molar-refractivity contribution >= 4 is 29.5 Å². The van der Waals surface area contributed by atoms with Gasteiger partial charge in [0.2, 0.25) is 11.8 Å². The first-order valence-corrected chi connectivity index (χ1v) is 14.9. The molecule has 5 rings (SSSR count). The molecular weight excluding hydrogens is 512 g/mol. The number of amides is 2. The minimum absolute atomic E-state index is 0.0671. The number of carbonyl (C=O) groups excluding carboxylic acids is 2. The number of benzene rings is 2. The summed E-state index contributed by atoms with van der Waals surface area (Å²) in [5.41, 5.74) is 1.33. The van der Waals surface area contributed by atoms with Crippen LogP contribution in [-0.2, 0) is 26.2 Å². The molecule has 7 nitrogen and oxygen atoms in total. The number of unbranched alkanes of at least 4 members (excludes halogenated alkanes) is 1. The lowest BCUT2D eigenvalue weighted by atomic mass is 9.69. The molecule has 0 spiro atoms. The Morgan fingerprint density at radius 2 is 1.85 bits per heavy atom. The number of β-lactam (4-membered cyclic amide) rings is 1. The Kier molecular flexibility index (Phi) is 7.68. The highest BCUT2D eigenvalue weighted by atomic mass is 32.2. The van der Waals surface area contributed by atoms with Crippen molar-refractivity contribution in [2.75, 3.05) is 6.61 Å². The molecule has 3 fully saturated rings. The minimum Gasteiger partial charge on any atom is -0.494 e. The van der Waals surface area contributed by atoms with Gasteiger partial charge in [0.15, 0.2) is 0 Å². The number of ether oxygens (including phenoxy) is 1. The summed E-state index contributed by atoms with van der Waals surface area (Å²) in [7, 11) is 0. The zero-order chi connectivity index (χ0) is 27.8. The van der Waals surface area contributed by atoms with Crippen LogP contribution >= 0.6 is 11.8 Å². The molecule has 2 amide bonds. The van der Waals surface area contributed by atoms with Gasteiger partial charge in [0.1, 0.15) is 23.2 Å². The monoisotopic (exact) mass is 550 g/mol. The van der Waals surface area contributed by atoms with E-state index in [1.807, 2.05) is 56.3 Å². The van der Waals surface area contributed by atoms with E-state index in [-0.39, 0.29) is 23.1 Å². The molecule has 0 bridgehead atoms. The summed E-state index contributed by atoms with van der Waals surface area (Å²) >= 11 is 1.45. The van der Waals surface area contributed by atoms with E-state index in [4.69, 9.17) is 4.74 Å². The van der Waals surface area contributed by atoms with Crippen molar-refractivity contribution in [2.24, 2.45) is 5.92 Å². The lowest BCUT2D eigenvalue weighted by Gasteiger charge is -2.45. The first kappa shape index (κ1) is 27.6. The Bertz CT molecular complexity index is 1220. The molecule has 0 radical (unpaired) electrons. The molecule has 2 N–H and O–H groups in total. The first-order chi connectivity index (χ1) is 18.7. The van der Waals surface area contributed by atoms with Gasteiger partial charge in [-0.3, -0.25) is 9.59 Å². The molecule has 1 saturated carbocycles. The Hall–Kier alpha value is -3.00. The molecule has 8 heteroatoms. The number of carboxylic acid groups (broad SMARTS) is 1. The summed E-state index contributed by atoms with van der Waals surface area (Å²) in [5.74, 6) is -0.612. The van der Waals surface area contributed by atoms with Gasteiger partial charge in [-0.2, -0.15) is 0 Å². The summed E-state index contributed by atoms with van der Waals surface area (Å²) in [4.78, 5) is 40.9. The smallest absolute Gasteiger partial charge is 0.327 e. The second-order valence-electron chi connectivity index (χ2n) is 11.5. The van der Waals surface area contributed by atoms with Crippen LogP contribution in [0.4, 0.5) is 0 Å². The SMILES string of the molecule is CCCCOc1ccc([C@]2(C(=O)N[C@@H]3C(=O)N4[C@@H]3SC(C)(C)[C@H]4C(=O)O)CCC[C@@H]2Cc2ccccc2)cc1. The largest absolute Gasteiger partial charge is 0.494 e. The molecule has 3 aliphatic rings. The van der Waals surface area contributed by atoms with Gasteiger partial charge in [0, 0.05) is 4.75 Å². The van der Waals surface area contributed by atoms with Gasteiger partial charge < -0.3 is 20.1 Å². The van der Waals surface area contributed by atoms with E-state index in [9.17, 15) is 19.5 Å². The maximum atomic E-state index is 14.3. The molecule has 2 aromatic rings. The predicted molar refractivity (Wildman–Crippen MR) is 152 cm³/mol. The molecule has 2 aliphatic heterocycles. The van der Waals surface area contributed by atoms with Crippen LogP contribution < -0.4 is 10.1 Å². The van der Waals surface area contributed by atoms with Gasteiger partial charge in [-0.05, 0) is 68.7 Å². The fraction of sp³-hybridized carbons (Fsp3) is 0.516. The molecule has 5 atom stereocenters. The van der Waals surface area contributed by atoms with E-state index in [0.29, 0.717) is 13.0 Å². The first-order valence-electron chi connectivity index (χ1n) is 14.0. The van der Waals surface area contributed by atoms with Gasteiger partial charge in [-0.25, -0.2) is 4.79 Å². The molecular formula is C31H38N2O5S. The molecule has 208 valence electrons. The average Bonchev–Trinajstić information content (AvgIpc) is 3.45. The third kappa shape index (κ3) is 4.92. The lowest BCUT2D eigenvalue weighted by Crippen LogP contribution is -2.72. The average molecular weight is 551 g/mol. The second-order valence-corrected chi connectivity index (χ2v) is 13.3. The van der Waals surface area contributed by atoms with E-state index in [1.165, 1.54) is 22.2 Å². The lowest BCUT2D eigenvalue weighted by molar-refractivity contribution is -0.161. The van der Waals surface area contributed by atoms with Crippen molar-refractivity contribution in [3.8, 4) is 5.75 Å². The van der Waals surface area contributed by atoms with Crippen LogP contribution in [0.3, 0.4) is 0 Å². The quantitative estimate of drug-likeness (QED) is 0.327. The van der Waals surface area contributed by atoms with E-state index in [0.717, 1.165) is 43.4 Å². The van der Waals surface area contributed by atoms with Gasteiger partial charge in [-0.1, -0.05) is 62.2 Å². The van der Waals surface area contributed by atoms with Crippen molar-refractivity contribution in [1.82, 2.24) is 10.2 Å². The predicted octanol–water partition coefficient (Wildman–Crippen LogP) is 4.78. The van der Waals surface area contributed by atoms with Crippen molar-refractivity contribution < 1.29 is 24.2 Å². The molecule has 2 saturated heterocycles. The summed E-state index contributed by atoms with van der Waals surface area (Å²) < 4.78 is 5.24. The van der Waals surface area contributed by atoms with E-state index >= 15 is 0 Å². The van der Waals surface area contributed by atoms with E-state index < -0.39 is 28.2 Å². The number of thioether (sulfide) groups is 1. The fourth-order valence-electron chi connectivity index (χ4n) is 6.66. The summed E-state index contributed by atoms with van der Waals surface area (Å²) in [6.45, 7) is 6.48. The minimum atomic E-state index is -1.01. The normalized spacial score (nSPS) is 29.0. The second kappa shape index (κ2) is 10.9. The molecule has 2 heterocycles. The Morgan fingerprint density at radius 1 is 1.13 bits per heavy atom. The van der Waals surface area contributed by atoms with Gasteiger partial charge in [0.05, 0.1) is 12.0 Å². The van der Waals surface area contributed by atoms with Crippen LogP contribution in [0.1, 0.15) is 64.0 Å². The highest BCUT2D eigenvalue weighted by Crippen LogP contribution is 2.52. The number of hydrogen-bond acceptors (Lipinski definition) is 5. The number of hydrogen-bond donors (Lipinski definition) is 2. The molecule has 0 aromatic heterocycles. The molecule has 39 heavy (non-hydrogen) atoms. The standard InChI is InChI=1S/C31H38N2O5S/c1-4-5-18-38-23-15-13-21(14-16-23)31(17-9-12-22(31)19-20-10-7-6-8-11-20)29(37)32-24-26(34)33-25(28(35)36)30(2,3)39-27(24)33/h6-8,10-11,13-16,22,24-25,27H,4-5,9,12,17-19H2,1-3H3,(H,32,37)(H,35,36)/t22-,24-,25-,27-,31-/m1/s1. The fourth-order valence-corrected chi connectivity index (χ4v) is 8.29. The maximum absolute atomic E-state index is 14.3. The van der Waals surface area contributed by atoms with E-state index in [1.54, 1.807) is 0 Å². The number of fused-ring (bicyclic) bond motifs is 1. The number of aliphatic carboxylic acids is 1. The Morgan fingerprint density at radius 3 is 2.51 bits per heavy atom. The Labute approximate surface area is 234 Å². The topological polar surface area (TPSA) is 95.9 Å². The van der Waals surface area contributed by atoms with Crippen LogP contribution in [0.5, 0.6) is 5.75 Å². The van der Waals surface area contributed by atoms with Crippen molar-refractivity contribution in [3.63, 3.8) is 0 Å². The number of nitrogens with one attached hydrogen (secondary N) is 1. The number of carboxylic acids is 1. The Balaban J connectivity index is 1.43. The highest BCUT2D eigenvalue weighted by molar-refractivity contribution is 8.01. The van der Waals surface area contributed by atoms with Crippen LogP contribution in [0, 0.1) is 5.92 Å². The summed E-state index contributed by atoms with van der Waals surface area (Å²) in [5, 5.41) is 12.5. The number of rotatable bonds is 10. The van der Waals surface area contributed by atoms with Crippen molar-refractivity contribution in [3.05, 3.63) is 65.7 Å². The molecule has 0 unspecified atom stereocenters. The van der Waals surface area contributed by atoms with Crippen LogP contribution in [0.25, 0.3) is 0 Å². The zero-order valence-corrected chi connectivity index (χ0v) is 23.7.